The first-order valence-electron chi connectivity index (χ1n) is 7.41. The third-order valence-electron chi connectivity index (χ3n) is 3.09. The lowest BCUT2D eigenvalue weighted by Gasteiger charge is -2.10. The van der Waals surface area contributed by atoms with Gasteiger partial charge in [0.1, 0.15) is 10.6 Å². The Morgan fingerprint density at radius 2 is 1.80 bits per heavy atom. The van der Waals surface area contributed by atoms with Crippen LogP contribution in [-0.2, 0) is 14.9 Å². The monoisotopic (exact) mass is 363 g/mol. The first kappa shape index (κ1) is 18.5. The van der Waals surface area contributed by atoms with Gasteiger partial charge in [-0.05, 0) is 38.1 Å². The van der Waals surface area contributed by atoms with Gasteiger partial charge in [-0.25, -0.2) is 4.79 Å². The number of Topliss-reactive ketones (excluding diaryl/α,β-unsaturated/α-hetero) is 1. The molecule has 7 nitrogen and oxygen atoms in total. The van der Waals surface area contributed by atoms with Crippen molar-refractivity contribution in [1.29, 1.82) is 0 Å². The first-order chi connectivity index (χ1) is 11.8. The van der Waals surface area contributed by atoms with E-state index >= 15 is 0 Å². The number of carbonyl (C=O) groups is 2. The number of rotatable bonds is 6. The maximum absolute atomic E-state index is 12.4. The lowest BCUT2D eigenvalue weighted by molar-refractivity contribution is 0.101. The lowest BCUT2D eigenvalue weighted by Crippen LogP contribution is -2.14. The topological polar surface area (TPSA) is 98.8 Å². The number of hydrogen-bond donors (Lipinski definition) is 1. The van der Waals surface area contributed by atoms with Gasteiger partial charge in [-0.15, -0.1) is 0 Å². The van der Waals surface area contributed by atoms with E-state index in [1.807, 2.05) is 0 Å². The van der Waals surface area contributed by atoms with Crippen molar-refractivity contribution < 1.29 is 26.9 Å². The summed E-state index contributed by atoms with van der Waals surface area (Å²) in [5.41, 5.74) is 0.589. The number of anilines is 1. The zero-order chi connectivity index (χ0) is 18.4. The highest BCUT2D eigenvalue weighted by Crippen LogP contribution is 2.22. The summed E-state index contributed by atoms with van der Waals surface area (Å²) in [4.78, 5) is 22.7. The summed E-state index contributed by atoms with van der Waals surface area (Å²) in [7, 11) is -4.12. The Morgan fingerprint density at radius 3 is 2.48 bits per heavy atom. The third-order valence-corrected chi connectivity index (χ3v) is 4.33. The molecule has 0 unspecified atom stereocenters. The molecule has 2 aromatic rings. The molecule has 0 radical (unpaired) electrons. The Kier molecular flexibility index (Phi) is 5.76. The van der Waals surface area contributed by atoms with Crippen molar-refractivity contribution in [2.75, 3.05) is 11.9 Å². The Hall–Kier alpha value is -2.87. The summed E-state index contributed by atoms with van der Waals surface area (Å²) in [6, 6.07) is 11.4. The molecule has 0 heterocycles. The zero-order valence-electron chi connectivity index (χ0n) is 13.7. The van der Waals surface area contributed by atoms with Crippen LogP contribution < -0.4 is 9.50 Å². The van der Waals surface area contributed by atoms with E-state index in [1.54, 1.807) is 13.0 Å². The zero-order valence-corrected chi connectivity index (χ0v) is 14.5. The maximum Gasteiger partial charge on any atom is 0.411 e. The summed E-state index contributed by atoms with van der Waals surface area (Å²) in [5.74, 6) is -0.236. The van der Waals surface area contributed by atoms with Gasteiger partial charge in [-0.3, -0.25) is 10.1 Å². The van der Waals surface area contributed by atoms with Gasteiger partial charge >= 0.3 is 16.2 Å². The third kappa shape index (κ3) is 5.05. The van der Waals surface area contributed by atoms with E-state index < -0.39 is 16.2 Å². The Labute approximate surface area is 145 Å². The van der Waals surface area contributed by atoms with E-state index in [4.69, 9.17) is 8.92 Å². The van der Waals surface area contributed by atoms with E-state index in [-0.39, 0.29) is 28.6 Å². The summed E-state index contributed by atoms with van der Waals surface area (Å²) >= 11 is 0. The maximum atomic E-state index is 12.4. The molecule has 1 amide bonds. The molecule has 0 aliphatic carbocycles. The molecule has 25 heavy (non-hydrogen) atoms. The summed E-state index contributed by atoms with van der Waals surface area (Å²) in [6.45, 7) is 3.22. The predicted molar refractivity (Wildman–Crippen MR) is 91.3 cm³/mol. The molecule has 0 aliphatic rings. The molecule has 0 fully saturated rings. The van der Waals surface area contributed by atoms with Gasteiger partial charge in [0.2, 0.25) is 0 Å². The van der Waals surface area contributed by atoms with E-state index in [0.29, 0.717) is 5.69 Å². The van der Waals surface area contributed by atoms with Gasteiger partial charge in [-0.2, -0.15) is 8.42 Å². The molecular formula is C17H17NO6S. The van der Waals surface area contributed by atoms with Crippen molar-refractivity contribution in [2.24, 2.45) is 0 Å². The molecule has 0 saturated heterocycles. The van der Waals surface area contributed by atoms with Gasteiger partial charge in [-0.1, -0.05) is 18.2 Å². The van der Waals surface area contributed by atoms with Gasteiger partial charge in [0, 0.05) is 17.3 Å². The Morgan fingerprint density at radius 1 is 1.08 bits per heavy atom. The summed E-state index contributed by atoms with van der Waals surface area (Å²) in [6.07, 6.45) is -0.656. The minimum absolute atomic E-state index is 0.0162. The minimum atomic E-state index is -4.12. The second kappa shape index (κ2) is 7.80. The first-order valence-corrected chi connectivity index (χ1v) is 8.82. The molecule has 8 heteroatoms. The van der Waals surface area contributed by atoms with Gasteiger partial charge < -0.3 is 8.92 Å². The quantitative estimate of drug-likeness (QED) is 0.625. The average Bonchev–Trinajstić information content (AvgIpc) is 2.55. The van der Waals surface area contributed by atoms with Gasteiger partial charge in [0.15, 0.2) is 5.78 Å². The normalized spacial score (nSPS) is 10.8. The Bertz CT molecular complexity index is 892. The van der Waals surface area contributed by atoms with E-state index in [9.17, 15) is 18.0 Å². The molecule has 1 N–H and O–H groups in total. The molecular weight excluding hydrogens is 346 g/mol. The minimum Gasteiger partial charge on any atom is -0.450 e. The van der Waals surface area contributed by atoms with Crippen LogP contribution in [0.1, 0.15) is 24.2 Å². The second-order valence-corrected chi connectivity index (χ2v) is 6.54. The average molecular weight is 363 g/mol. The molecule has 0 atom stereocenters. The van der Waals surface area contributed by atoms with Crippen molar-refractivity contribution in [3.63, 3.8) is 0 Å². The molecule has 0 aliphatic heterocycles. The van der Waals surface area contributed by atoms with Crippen molar-refractivity contribution in [1.82, 2.24) is 0 Å². The molecule has 0 spiro atoms. The lowest BCUT2D eigenvalue weighted by atomic mass is 10.2. The fraction of sp³-hybridized carbons (Fsp3) is 0.176. The largest absolute Gasteiger partial charge is 0.450 e. The highest BCUT2D eigenvalue weighted by atomic mass is 32.2. The molecule has 132 valence electrons. The smallest absolute Gasteiger partial charge is 0.411 e. The molecule has 0 bridgehead atoms. The van der Waals surface area contributed by atoms with Gasteiger partial charge in [0.05, 0.1) is 6.61 Å². The number of amides is 1. The standard InChI is InChI=1S/C17H17NO6S/c1-3-23-17(20)18-14-7-5-8-15(11-14)24-25(21,22)16-9-4-6-13(10-16)12(2)19/h4-11H,3H2,1-2H3,(H,18,20). The Balaban J connectivity index is 2.22. The van der Waals surface area contributed by atoms with Crippen molar-refractivity contribution >= 4 is 27.7 Å². The summed E-state index contributed by atoms with van der Waals surface area (Å²) < 4.78 is 34.6. The highest BCUT2D eigenvalue weighted by Gasteiger charge is 2.18. The van der Waals surface area contributed by atoms with Crippen LogP contribution in [0, 0.1) is 0 Å². The predicted octanol–water partition coefficient (Wildman–Crippen LogP) is 3.23. The molecule has 0 aromatic heterocycles. The van der Waals surface area contributed by atoms with Crippen LogP contribution in [0.4, 0.5) is 10.5 Å². The second-order valence-electron chi connectivity index (χ2n) is 4.99. The summed E-state index contributed by atoms with van der Waals surface area (Å²) in [5, 5.41) is 2.45. The number of hydrogen-bond acceptors (Lipinski definition) is 6. The van der Waals surface area contributed by atoms with Crippen LogP contribution >= 0.6 is 0 Å². The van der Waals surface area contributed by atoms with Crippen LogP contribution in [0.15, 0.2) is 53.4 Å². The SMILES string of the molecule is CCOC(=O)Nc1cccc(OS(=O)(=O)c2cccc(C(C)=O)c2)c1. The van der Waals surface area contributed by atoms with Crippen molar-refractivity contribution in [3.05, 3.63) is 54.1 Å². The van der Waals surface area contributed by atoms with Crippen LogP contribution in [-0.4, -0.2) is 26.9 Å². The van der Waals surface area contributed by atoms with E-state index in [1.165, 1.54) is 49.4 Å². The van der Waals surface area contributed by atoms with E-state index in [0.717, 1.165) is 0 Å². The van der Waals surface area contributed by atoms with Crippen LogP contribution in [0.2, 0.25) is 0 Å². The number of nitrogens with one attached hydrogen (secondary N) is 1. The highest BCUT2D eigenvalue weighted by molar-refractivity contribution is 7.87. The fourth-order valence-electron chi connectivity index (χ4n) is 1.96. The van der Waals surface area contributed by atoms with Crippen molar-refractivity contribution in [2.45, 2.75) is 18.7 Å². The number of carbonyl (C=O) groups excluding carboxylic acids is 2. The fourth-order valence-corrected chi connectivity index (χ4v) is 2.93. The van der Waals surface area contributed by atoms with Crippen LogP contribution in [0.3, 0.4) is 0 Å². The van der Waals surface area contributed by atoms with Gasteiger partial charge in [0.25, 0.3) is 0 Å². The number of benzene rings is 2. The van der Waals surface area contributed by atoms with E-state index in [2.05, 4.69) is 5.32 Å². The molecule has 0 saturated carbocycles. The van der Waals surface area contributed by atoms with Crippen LogP contribution in [0.5, 0.6) is 5.75 Å². The van der Waals surface area contributed by atoms with Crippen molar-refractivity contribution in [3.8, 4) is 5.75 Å². The molecule has 2 rings (SSSR count). The molecule has 2 aromatic carbocycles. The van der Waals surface area contributed by atoms with Crippen LogP contribution in [0.25, 0.3) is 0 Å². The number of ketones is 1. The number of ether oxygens (including phenoxy) is 1.